The topological polar surface area (TPSA) is 142 Å². The first-order valence-electron chi connectivity index (χ1n) is 4.25. The minimum absolute atomic E-state index is 0.186. The van der Waals surface area contributed by atoms with E-state index < -0.39 is 34.3 Å². The van der Waals surface area contributed by atoms with Gasteiger partial charge in [-0.05, 0) is 12.8 Å². The van der Waals surface area contributed by atoms with Crippen molar-refractivity contribution in [2.24, 2.45) is 5.92 Å². The molecule has 0 radical (unpaired) electrons. The van der Waals surface area contributed by atoms with E-state index >= 15 is 0 Å². The van der Waals surface area contributed by atoms with Crippen molar-refractivity contribution in [2.45, 2.75) is 25.0 Å². The Bertz CT molecular complexity index is 294. The van der Waals surface area contributed by atoms with Gasteiger partial charge in [0, 0.05) is 0 Å². The first kappa shape index (κ1) is 11.9. The first-order valence-corrected chi connectivity index (χ1v) is 4.25. The maximum atomic E-state index is 10.6. The number of hydrogen-bond acceptors (Lipinski definition) is 7. The highest BCUT2D eigenvalue weighted by molar-refractivity contribution is 5.70. The highest BCUT2D eigenvalue weighted by Gasteiger charge is 2.42. The lowest BCUT2D eigenvalue weighted by molar-refractivity contribution is -0.797. The molecular weight excluding hydrogens is 228 g/mol. The average Bonchev–Trinajstić information content (AvgIpc) is 2.46. The van der Waals surface area contributed by atoms with Crippen molar-refractivity contribution >= 4 is 5.97 Å². The number of hydrogen-bond donors (Lipinski definition) is 1. The maximum Gasteiger partial charge on any atom is 0.306 e. The Balaban J connectivity index is 2.66. The summed E-state index contributed by atoms with van der Waals surface area (Å²) in [6.45, 7) is 0. The molecule has 0 amide bonds. The molecule has 0 aromatic carbocycles. The molecule has 10 heteroatoms. The van der Waals surface area contributed by atoms with Gasteiger partial charge in [0.25, 0.3) is 10.2 Å². The number of carboxylic acids is 1. The van der Waals surface area contributed by atoms with E-state index in [-0.39, 0.29) is 12.8 Å². The summed E-state index contributed by atoms with van der Waals surface area (Å²) < 4.78 is 0. The Morgan fingerprint density at radius 2 is 1.50 bits per heavy atom. The highest BCUT2D eigenvalue weighted by atomic mass is 17.0. The zero-order valence-corrected chi connectivity index (χ0v) is 7.85. The van der Waals surface area contributed by atoms with E-state index in [0.717, 1.165) is 0 Å². The molecule has 1 rings (SSSR count). The zero-order valence-electron chi connectivity index (χ0n) is 7.85. The summed E-state index contributed by atoms with van der Waals surface area (Å²) in [4.78, 5) is 39.0. The van der Waals surface area contributed by atoms with E-state index in [9.17, 15) is 25.0 Å². The number of carbonyl (C=O) groups is 1. The number of rotatable bonds is 5. The molecule has 10 nitrogen and oxygen atoms in total. The lowest BCUT2D eigenvalue weighted by Crippen LogP contribution is -2.30. The molecule has 2 unspecified atom stereocenters. The fourth-order valence-electron chi connectivity index (χ4n) is 1.61. The molecule has 1 aliphatic carbocycles. The van der Waals surface area contributed by atoms with Crippen LogP contribution in [0.1, 0.15) is 12.8 Å². The van der Waals surface area contributed by atoms with Gasteiger partial charge in [0.1, 0.15) is 12.2 Å². The summed E-state index contributed by atoms with van der Waals surface area (Å²) in [5.74, 6) is -2.12. The SMILES string of the molecule is O=C(O)C1CC(O[N+](=O)[O-])[C@@H](O[N+](=O)[O-])C1. The molecule has 0 spiro atoms. The Morgan fingerprint density at radius 1 is 1.12 bits per heavy atom. The third-order valence-electron chi connectivity index (χ3n) is 2.24. The van der Waals surface area contributed by atoms with Crippen LogP contribution in [0.3, 0.4) is 0 Å². The first-order chi connectivity index (χ1) is 7.40. The largest absolute Gasteiger partial charge is 0.481 e. The van der Waals surface area contributed by atoms with Crippen molar-refractivity contribution in [3.8, 4) is 0 Å². The second-order valence-corrected chi connectivity index (χ2v) is 3.24. The van der Waals surface area contributed by atoms with Crippen LogP contribution in [-0.2, 0) is 14.5 Å². The van der Waals surface area contributed by atoms with Crippen LogP contribution in [0.15, 0.2) is 0 Å². The predicted molar refractivity (Wildman–Crippen MR) is 44.1 cm³/mol. The van der Waals surface area contributed by atoms with Gasteiger partial charge in [0.15, 0.2) is 0 Å². The van der Waals surface area contributed by atoms with Crippen LogP contribution in [0.25, 0.3) is 0 Å². The van der Waals surface area contributed by atoms with Crippen LogP contribution in [0.5, 0.6) is 0 Å². The molecule has 0 bridgehead atoms. The molecule has 0 aromatic heterocycles. The zero-order chi connectivity index (χ0) is 12.3. The van der Waals surface area contributed by atoms with Gasteiger partial charge < -0.3 is 14.8 Å². The van der Waals surface area contributed by atoms with Gasteiger partial charge in [-0.3, -0.25) is 4.79 Å². The lowest BCUT2D eigenvalue weighted by Gasteiger charge is -2.14. The lowest BCUT2D eigenvalue weighted by atomic mass is 10.1. The van der Waals surface area contributed by atoms with Gasteiger partial charge in [-0.2, -0.15) is 0 Å². The molecule has 1 fully saturated rings. The van der Waals surface area contributed by atoms with E-state index in [1.807, 2.05) is 0 Å². The number of carboxylic acid groups (broad SMARTS) is 1. The molecule has 0 aromatic rings. The summed E-state index contributed by atoms with van der Waals surface area (Å²) in [5.41, 5.74) is 0. The van der Waals surface area contributed by atoms with Gasteiger partial charge in [-0.1, -0.05) is 0 Å². The van der Waals surface area contributed by atoms with Gasteiger partial charge in [-0.15, -0.1) is 20.2 Å². The predicted octanol–water partition coefficient (Wildman–Crippen LogP) is -0.365. The monoisotopic (exact) mass is 236 g/mol. The van der Waals surface area contributed by atoms with Crippen molar-refractivity contribution in [1.82, 2.24) is 0 Å². The standard InChI is InChI=1S/C6H8N2O8/c9-6(10)3-1-4(15-7(11)12)5(2-3)16-8(13)14/h3-5H,1-2H2,(H,9,10)/t3?,4-,5?/m0/s1. The third kappa shape index (κ3) is 2.93. The molecule has 1 saturated carbocycles. The van der Waals surface area contributed by atoms with Crippen molar-refractivity contribution in [2.75, 3.05) is 0 Å². The fraction of sp³-hybridized carbons (Fsp3) is 0.833. The van der Waals surface area contributed by atoms with E-state index in [1.54, 1.807) is 0 Å². The Kier molecular flexibility index (Phi) is 3.43. The summed E-state index contributed by atoms with van der Waals surface area (Å²) in [6, 6.07) is 0. The summed E-state index contributed by atoms with van der Waals surface area (Å²) in [7, 11) is 0. The van der Waals surface area contributed by atoms with E-state index in [1.165, 1.54) is 0 Å². The Labute approximate surface area is 88.0 Å². The molecule has 90 valence electrons. The highest BCUT2D eigenvalue weighted by Crippen LogP contribution is 2.30. The van der Waals surface area contributed by atoms with Crippen LogP contribution >= 0.6 is 0 Å². The molecule has 3 atom stereocenters. The molecule has 16 heavy (non-hydrogen) atoms. The van der Waals surface area contributed by atoms with Crippen LogP contribution in [0, 0.1) is 26.1 Å². The second-order valence-electron chi connectivity index (χ2n) is 3.24. The van der Waals surface area contributed by atoms with Gasteiger partial charge in [0.2, 0.25) is 0 Å². The average molecular weight is 236 g/mol. The summed E-state index contributed by atoms with van der Waals surface area (Å²) in [6.07, 6.45) is -2.81. The summed E-state index contributed by atoms with van der Waals surface area (Å²) in [5, 5.41) is 26.6. The quantitative estimate of drug-likeness (QED) is 0.503. The molecule has 0 aliphatic heterocycles. The van der Waals surface area contributed by atoms with E-state index in [0.29, 0.717) is 0 Å². The molecule has 0 heterocycles. The summed E-state index contributed by atoms with van der Waals surface area (Å²) >= 11 is 0. The van der Waals surface area contributed by atoms with Crippen LogP contribution < -0.4 is 0 Å². The maximum absolute atomic E-state index is 10.6. The minimum atomic E-state index is -1.22. The van der Waals surface area contributed by atoms with Crippen LogP contribution in [0.2, 0.25) is 0 Å². The normalized spacial score (nSPS) is 28.4. The van der Waals surface area contributed by atoms with Crippen molar-refractivity contribution < 1.29 is 29.7 Å². The number of aliphatic carboxylic acids is 1. The van der Waals surface area contributed by atoms with Gasteiger partial charge >= 0.3 is 5.97 Å². The van der Waals surface area contributed by atoms with Crippen molar-refractivity contribution in [3.63, 3.8) is 0 Å². The molecular formula is C6H8N2O8. The van der Waals surface area contributed by atoms with Gasteiger partial charge in [0.05, 0.1) is 5.92 Å². The number of nitrogens with zero attached hydrogens (tertiary/aromatic N) is 2. The smallest absolute Gasteiger partial charge is 0.306 e. The van der Waals surface area contributed by atoms with Crippen LogP contribution in [0.4, 0.5) is 0 Å². The molecule has 1 aliphatic rings. The molecule has 1 N–H and O–H groups in total. The van der Waals surface area contributed by atoms with Crippen molar-refractivity contribution in [3.05, 3.63) is 20.2 Å². The minimum Gasteiger partial charge on any atom is -0.481 e. The third-order valence-corrected chi connectivity index (χ3v) is 2.24. The Morgan fingerprint density at radius 3 is 1.75 bits per heavy atom. The van der Waals surface area contributed by atoms with Gasteiger partial charge in [-0.25, -0.2) is 0 Å². The van der Waals surface area contributed by atoms with E-state index in [4.69, 9.17) is 5.11 Å². The van der Waals surface area contributed by atoms with Crippen LogP contribution in [-0.4, -0.2) is 33.5 Å². The fourth-order valence-corrected chi connectivity index (χ4v) is 1.61. The van der Waals surface area contributed by atoms with Crippen molar-refractivity contribution in [1.29, 1.82) is 0 Å². The van der Waals surface area contributed by atoms with E-state index in [2.05, 4.69) is 9.68 Å². The molecule has 0 saturated heterocycles. The second kappa shape index (κ2) is 4.59. The Hall–Kier alpha value is -2.13.